The van der Waals surface area contributed by atoms with Gasteiger partial charge in [0.2, 0.25) is 0 Å². The molecule has 0 bridgehead atoms. The third kappa shape index (κ3) is 6.57. The second-order valence-electron chi connectivity index (χ2n) is 6.55. The topological polar surface area (TPSA) is 79.8 Å². The molecule has 0 spiro atoms. The predicted octanol–water partition coefficient (Wildman–Crippen LogP) is 4.97. The number of nitrogens with one attached hydrogen (secondary N) is 2. The number of amides is 2. The average molecular weight is 456 g/mol. The van der Waals surface area contributed by atoms with Crippen molar-refractivity contribution in [2.24, 2.45) is 5.10 Å². The van der Waals surface area contributed by atoms with E-state index in [1.807, 2.05) is 18.2 Å². The quantitative estimate of drug-likeness (QED) is 0.312. The lowest BCUT2D eigenvalue weighted by Crippen LogP contribution is -2.32. The Morgan fingerprint density at radius 1 is 1.00 bits per heavy atom. The first-order chi connectivity index (χ1) is 14.9. The normalized spacial score (nSPS) is 10.7. The van der Waals surface area contributed by atoms with Gasteiger partial charge < -0.3 is 10.1 Å². The maximum atomic E-state index is 12.0. The second kappa shape index (κ2) is 10.6. The number of carbonyl (C=O) groups excluding carboxylic acids is 2. The van der Waals surface area contributed by atoms with Crippen molar-refractivity contribution in [2.45, 2.75) is 13.5 Å². The standard InChI is InChI=1S/C23H19Cl2N3O3/c1-15-20(25)6-3-7-21(15)27-22(29)23(30)28-26-13-17-4-2-5-19(12-17)31-14-16-8-10-18(24)11-9-16/h2-13H,14H2,1H3,(H,27,29)(H,28,30)/b26-13-. The van der Waals surface area contributed by atoms with E-state index in [2.05, 4.69) is 15.8 Å². The van der Waals surface area contributed by atoms with Crippen LogP contribution in [-0.4, -0.2) is 18.0 Å². The Morgan fingerprint density at radius 3 is 2.52 bits per heavy atom. The number of rotatable bonds is 6. The predicted molar refractivity (Wildman–Crippen MR) is 123 cm³/mol. The molecule has 6 nitrogen and oxygen atoms in total. The molecule has 0 saturated heterocycles. The van der Waals surface area contributed by atoms with Crippen LogP contribution in [0.4, 0.5) is 5.69 Å². The van der Waals surface area contributed by atoms with Gasteiger partial charge in [-0.3, -0.25) is 9.59 Å². The van der Waals surface area contributed by atoms with Gasteiger partial charge in [0.15, 0.2) is 0 Å². The number of carbonyl (C=O) groups is 2. The van der Waals surface area contributed by atoms with Crippen molar-refractivity contribution in [2.75, 3.05) is 5.32 Å². The first-order valence-electron chi connectivity index (χ1n) is 9.29. The summed E-state index contributed by atoms with van der Waals surface area (Å²) < 4.78 is 5.76. The van der Waals surface area contributed by atoms with E-state index < -0.39 is 11.8 Å². The number of anilines is 1. The SMILES string of the molecule is Cc1c(Cl)cccc1NC(=O)C(=O)N/N=C\c1cccc(OCc2ccc(Cl)cc2)c1. The largest absolute Gasteiger partial charge is 0.489 e. The van der Waals surface area contributed by atoms with Crippen LogP contribution >= 0.6 is 23.2 Å². The number of hydrogen-bond donors (Lipinski definition) is 2. The number of nitrogens with zero attached hydrogens (tertiary/aromatic N) is 1. The molecular formula is C23H19Cl2N3O3. The average Bonchev–Trinajstić information content (AvgIpc) is 2.77. The fraction of sp³-hybridized carbons (Fsp3) is 0.0870. The van der Waals surface area contributed by atoms with E-state index in [-0.39, 0.29) is 0 Å². The van der Waals surface area contributed by atoms with E-state index in [1.54, 1.807) is 55.5 Å². The van der Waals surface area contributed by atoms with Crippen LogP contribution in [0.1, 0.15) is 16.7 Å². The highest BCUT2D eigenvalue weighted by atomic mass is 35.5. The minimum Gasteiger partial charge on any atom is -0.489 e. The van der Waals surface area contributed by atoms with Crippen LogP contribution in [0.5, 0.6) is 5.75 Å². The number of hydrogen-bond acceptors (Lipinski definition) is 4. The van der Waals surface area contributed by atoms with Gasteiger partial charge in [0.25, 0.3) is 0 Å². The van der Waals surface area contributed by atoms with Crippen molar-refractivity contribution in [1.82, 2.24) is 5.43 Å². The van der Waals surface area contributed by atoms with Crippen molar-refractivity contribution >= 4 is 46.9 Å². The molecule has 2 N–H and O–H groups in total. The summed E-state index contributed by atoms with van der Waals surface area (Å²) in [5.74, 6) is -1.10. The zero-order chi connectivity index (χ0) is 22.2. The van der Waals surface area contributed by atoms with E-state index in [4.69, 9.17) is 27.9 Å². The minimum absolute atomic E-state index is 0.386. The third-order valence-electron chi connectivity index (χ3n) is 4.28. The fourth-order valence-electron chi connectivity index (χ4n) is 2.57. The van der Waals surface area contributed by atoms with Crippen LogP contribution in [0, 0.1) is 6.92 Å². The maximum absolute atomic E-state index is 12.0. The van der Waals surface area contributed by atoms with Crippen molar-refractivity contribution < 1.29 is 14.3 Å². The van der Waals surface area contributed by atoms with Gasteiger partial charge in [-0.15, -0.1) is 0 Å². The highest BCUT2D eigenvalue weighted by molar-refractivity contribution is 6.40. The lowest BCUT2D eigenvalue weighted by atomic mass is 10.2. The lowest BCUT2D eigenvalue weighted by molar-refractivity contribution is -0.136. The molecule has 8 heteroatoms. The van der Waals surface area contributed by atoms with E-state index in [0.717, 1.165) is 5.56 Å². The molecule has 31 heavy (non-hydrogen) atoms. The van der Waals surface area contributed by atoms with Gasteiger partial charge in [-0.2, -0.15) is 5.10 Å². The smallest absolute Gasteiger partial charge is 0.329 e. The van der Waals surface area contributed by atoms with Crippen molar-refractivity contribution in [1.29, 1.82) is 0 Å². The Labute approximate surface area is 189 Å². The van der Waals surface area contributed by atoms with Gasteiger partial charge in [-0.05, 0) is 60.0 Å². The zero-order valence-corrected chi connectivity index (χ0v) is 18.1. The molecule has 2 amide bonds. The minimum atomic E-state index is -0.897. The molecule has 158 valence electrons. The Hall–Kier alpha value is -3.35. The van der Waals surface area contributed by atoms with Crippen LogP contribution in [-0.2, 0) is 16.2 Å². The molecule has 0 unspecified atom stereocenters. The summed E-state index contributed by atoms with van der Waals surface area (Å²) in [4.78, 5) is 24.0. The third-order valence-corrected chi connectivity index (χ3v) is 4.94. The summed E-state index contributed by atoms with van der Waals surface area (Å²) in [6.07, 6.45) is 1.42. The van der Waals surface area contributed by atoms with E-state index in [1.165, 1.54) is 6.21 Å². The molecule has 0 aliphatic rings. The summed E-state index contributed by atoms with van der Waals surface area (Å²) in [7, 11) is 0. The van der Waals surface area contributed by atoms with Gasteiger partial charge in [0.1, 0.15) is 12.4 Å². The van der Waals surface area contributed by atoms with Gasteiger partial charge in [-0.1, -0.05) is 53.5 Å². The summed E-state index contributed by atoms with van der Waals surface area (Å²) in [5, 5.41) is 7.50. The zero-order valence-electron chi connectivity index (χ0n) is 16.6. The summed E-state index contributed by atoms with van der Waals surface area (Å²) in [5.41, 5.74) is 5.01. The Morgan fingerprint density at radius 2 is 1.74 bits per heavy atom. The molecule has 0 fully saturated rings. The highest BCUT2D eigenvalue weighted by Crippen LogP contribution is 2.22. The molecule has 0 aromatic heterocycles. The van der Waals surface area contributed by atoms with Crippen LogP contribution in [0.15, 0.2) is 71.8 Å². The summed E-state index contributed by atoms with van der Waals surface area (Å²) >= 11 is 11.9. The van der Waals surface area contributed by atoms with Crippen molar-refractivity contribution in [3.05, 3.63) is 93.5 Å². The second-order valence-corrected chi connectivity index (χ2v) is 7.40. The van der Waals surface area contributed by atoms with Crippen molar-refractivity contribution in [3.8, 4) is 5.75 Å². The van der Waals surface area contributed by atoms with Gasteiger partial charge in [-0.25, -0.2) is 5.43 Å². The molecule has 0 atom stereocenters. The number of halogens is 2. The Balaban J connectivity index is 1.53. The van der Waals surface area contributed by atoms with Gasteiger partial charge >= 0.3 is 11.8 Å². The highest BCUT2D eigenvalue weighted by Gasteiger charge is 2.14. The lowest BCUT2D eigenvalue weighted by Gasteiger charge is -2.08. The van der Waals surface area contributed by atoms with Crippen LogP contribution in [0.2, 0.25) is 10.0 Å². The molecule has 0 heterocycles. The fourth-order valence-corrected chi connectivity index (χ4v) is 2.87. The Bertz CT molecular complexity index is 1120. The molecule has 3 rings (SSSR count). The molecular weight excluding hydrogens is 437 g/mol. The van der Waals surface area contributed by atoms with Crippen LogP contribution < -0.4 is 15.5 Å². The van der Waals surface area contributed by atoms with Crippen LogP contribution in [0.3, 0.4) is 0 Å². The molecule has 0 aliphatic carbocycles. The van der Waals surface area contributed by atoms with Gasteiger partial charge in [0, 0.05) is 15.7 Å². The van der Waals surface area contributed by atoms with E-state index >= 15 is 0 Å². The Kier molecular flexibility index (Phi) is 7.65. The first kappa shape index (κ1) is 22.3. The van der Waals surface area contributed by atoms with E-state index in [9.17, 15) is 9.59 Å². The molecule has 3 aromatic rings. The van der Waals surface area contributed by atoms with Crippen molar-refractivity contribution in [3.63, 3.8) is 0 Å². The van der Waals surface area contributed by atoms with Crippen LogP contribution in [0.25, 0.3) is 0 Å². The number of benzene rings is 3. The molecule has 0 aliphatic heterocycles. The van der Waals surface area contributed by atoms with Gasteiger partial charge in [0.05, 0.1) is 6.21 Å². The summed E-state index contributed by atoms with van der Waals surface area (Å²) in [6, 6.07) is 19.6. The maximum Gasteiger partial charge on any atom is 0.329 e. The molecule has 0 radical (unpaired) electrons. The number of hydrazone groups is 1. The first-order valence-corrected chi connectivity index (χ1v) is 10.0. The number of ether oxygens (including phenoxy) is 1. The monoisotopic (exact) mass is 455 g/mol. The summed E-state index contributed by atoms with van der Waals surface area (Å²) in [6.45, 7) is 2.13. The van der Waals surface area contributed by atoms with E-state index in [0.29, 0.717) is 39.2 Å². The molecule has 0 saturated carbocycles. The molecule has 3 aromatic carbocycles.